The molecule has 0 aliphatic carbocycles. The number of ether oxygens (including phenoxy) is 1. The molecule has 0 amide bonds. The quantitative estimate of drug-likeness (QED) is 0.886. The Bertz CT molecular complexity index is 596. The monoisotopic (exact) mass is 309 g/mol. The van der Waals surface area contributed by atoms with E-state index in [1.807, 2.05) is 32.9 Å². The summed E-state index contributed by atoms with van der Waals surface area (Å²) in [6, 6.07) is 5.67. The van der Waals surface area contributed by atoms with Gasteiger partial charge in [0.25, 0.3) is 0 Å². The topological polar surface area (TPSA) is 74.2 Å². The third kappa shape index (κ3) is 4.19. The average Bonchev–Trinajstić information content (AvgIpc) is 2.86. The summed E-state index contributed by atoms with van der Waals surface area (Å²) in [6.07, 6.45) is 0.694. The molecule has 1 atom stereocenters. The molecule has 1 aromatic heterocycles. The lowest BCUT2D eigenvalue weighted by Gasteiger charge is -2.13. The van der Waals surface area contributed by atoms with Gasteiger partial charge in [-0.25, -0.2) is 0 Å². The number of para-hydroxylation sites is 1. The average molecular weight is 310 g/mol. The van der Waals surface area contributed by atoms with Crippen molar-refractivity contribution in [1.29, 1.82) is 0 Å². The van der Waals surface area contributed by atoms with E-state index in [1.54, 1.807) is 6.07 Å². The van der Waals surface area contributed by atoms with E-state index >= 15 is 0 Å². The number of hydrogen-bond donors (Lipinski definition) is 1. The van der Waals surface area contributed by atoms with E-state index in [2.05, 4.69) is 10.1 Å². The maximum atomic E-state index is 6.20. The summed E-state index contributed by atoms with van der Waals surface area (Å²) < 4.78 is 10.9. The van der Waals surface area contributed by atoms with Gasteiger partial charge < -0.3 is 15.0 Å². The molecule has 0 fully saturated rings. The maximum Gasteiger partial charge on any atom is 0.229 e. The Morgan fingerprint density at radius 1 is 1.33 bits per heavy atom. The minimum atomic E-state index is 0.0311. The molecule has 21 heavy (non-hydrogen) atoms. The van der Waals surface area contributed by atoms with Crippen LogP contribution in [0.15, 0.2) is 22.7 Å². The summed E-state index contributed by atoms with van der Waals surface area (Å²) in [7, 11) is 0. The molecule has 2 rings (SSSR count). The molecule has 0 saturated carbocycles. The lowest BCUT2D eigenvalue weighted by molar-refractivity contribution is 0.281. The van der Waals surface area contributed by atoms with Crippen LogP contribution in [0.5, 0.6) is 5.75 Å². The molecular weight excluding hydrogens is 290 g/mol. The molecule has 1 unspecified atom stereocenters. The summed E-state index contributed by atoms with van der Waals surface area (Å²) in [5.41, 5.74) is 6.83. The van der Waals surface area contributed by atoms with Crippen molar-refractivity contribution < 1.29 is 9.26 Å². The van der Waals surface area contributed by atoms with Gasteiger partial charge >= 0.3 is 0 Å². The molecule has 1 aromatic carbocycles. The summed E-state index contributed by atoms with van der Waals surface area (Å²) in [5.74, 6) is 1.93. The first-order valence-corrected chi connectivity index (χ1v) is 7.33. The fourth-order valence-electron chi connectivity index (χ4n) is 1.92. The van der Waals surface area contributed by atoms with Crippen molar-refractivity contribution in [2.75, 3.05) is 0 Å². The van der Waals surface area contributed by atoms with Crippen molar-refractivity contribution in [1.82, 2.24) is 10.1 Å². The molecule has 0 radical (unpaired) electrons. The minimum Gasteiger partial charge on any atom is -0.484 e. The van der Waals surface area contributed by atoms with Crippen LogP contribution in [-0.4, -0.2) is 16.2 Å². The molecule has 114 valence electrons. The van der Waals surface area contributed by atoms with E-state index in [0.717, 1.165) is 5.56 Å². The molecule has 0 bridgehead atoms. The van der Waals surface area contributed by atoms with Crippen LogP contribution in [0.4, 0.5) is 0 Å². The second-order valence-corrected chi connectivity index (χ2v) is 5.81. The predicted molar refractivity (Wildman–Crippen MR) is 81.5 cm³/mol. The molecule has 0 saturated heterocycles. The highest BCUT2D eigenvalue weighted by Gasteiger charge is 2.14. The Morgan fingerprint density at radius 3 is 2.71 bits per heavy atom. The van der Waals surface area contributed by atoms with Crippen molar-refractivity contribution in [2.24, 2.45) is 5.73 Å². The minimum absolute atomic E-state index is 0.0311. The normalized spacial score (nSPS) is 12.7. The number of benzene rings is 1. The van der Waals surface area contributed by atoms with Crippen molar-refractivity contribution in [3.63, 3.8) is 0 Å². The summed E-state index contributed by atoms with van der Waals surface area (Å²) >= 11 is 6.20. The maximum absolute atomic E-state index is 6.20. The Morgan fingerprint density at radius 2 is 2.10 bits per heavy atom. The first-order valence-electron chi connectivity index (χ1n) is 6.95. The van der Waals surface area contributed by atoms with E-state index < -0.39 is 0 Å². The third-order valence-electron chi connectivity index (χ3n) is 2.91. The van der Waals surface area contributed by atoms with E-state index in [9.17, 15) is 0 Å². The highest BCUT2D eigenvalue weighted by molar-refractivity contribution is 6.32. The van der Waals surface area contributed by atoms with Gasteiger partial charge in [-0.2, -0.15) is 4.98 Å². The Hall–Kier alpha value is -1.59. The second-order valence-electron chi connectivity index (χ2n) is 5.40. The number of rotatable bonds is 6. The summed E-state index contributed by atoms with van der Waals surface area (Å²) in [5, 5.41) is 4.45. The smallest absolute Gasteiger partial charge is 0.229 e. The van der Waals surface area contributed by atoms with Gasteiger partial charge in [-0.15, -0.1) is 0 Å². The molecule has 0 aliphatic rings. The molecule has 0 aliphatic heterocycles. The van der Waals surface area contributed by atoms with Crippen LogP contribution in [0.2, 0.25) is 5.02 Å². The molecule has 0 spiro atoms. The second kappa shape index (κ2) is 6.91. The SMILES string of the molecule is CC(N)Cc1cccc(Cl)c1OCc1noc(C(C)C)n1. The van der Waals surface area contributed by atoms with Crippen molar-refractivity contribution in [3.8, 4) is 5.75 Å². The van der Waals surface area contributed by atoms with Gasteiger partial charge in [-0.1, -0.05) is 42.7 Å². The van der Waals surface area contributed by atoms with E-state index in [-0.39, 0.29) is 18.6 Å². The van der Waals surface area contributed by atoms with Crippen molar-refractivity contribution in [2.45, 2.75) is 45.8 Å². The van der Waals surface area contributed by atoms with Gasteiger partial charge in [0.1, 0.15) is 5.75 Å². The van der Waals surface area contributed by atoms with Gasteiger partial charge in [0.2, 0.25) is 11.7 Å². The van der Waals surface area contributed by atoms with Crippen LogP contribution in [0.1, 0.15) is 44.0 Å². The summed E-state index contributed by atoms with van der Waals surface area (Å²) in [4.78, 5) is 4.27. The molecule has 1 heterocycles. The Balaban J connectivity index is 2.11. The Labute approximate surface area is 129 Å². The van der Waals surface area contributed by atoms with Crippen LogP contribution >= 0.6 is 11.6 Å². The zero-order chi connectivity index (χ0) is 15.4. The van der Waals surface area contributed by atoms with Gasteiger partial charge in [0, 0.05) is 12.0 Å². The van der Waals surface area contributed by atoms with Gasteiger partial charge in [-0.05, 0) is 25.0 Å². The van der Waals surface area contributed by atoms with Crippen LogP contribution in [-0.2, 0) is 13.0 Å². The zero-order valence-electron chi connectivity index (χ0n) is 12.5. The standard InChI is InChI=1S/C15H20ClN3O2/c1-9(2)15-18-13(19-21-15)8-20-14-11(7-10(3)17)5-4-6-12(14)16/h4-6,9-10H,7-8,17H2,1-3H3. The Kier molecular flexibility index (Phi) is 5.20. The third-order valence-corrected chi connectivity index (χ3v) is 3.21. The molecule has 6 heteroatoms. The molecule has 5 nitrogen and oxygen atoms in total. The lowest BCUT2D eigenvalue weighted by Crippen LogP contribution is -2.18. The van der Waals surface area contributed by atoms with Crippen LogP contribution in [0, 0.1) is 0 Å². The van der Waals surface area contributed by atoms with Crippen molar-refractivity contribution in [3.05, 3.63) is 40.5 Å². The largest absolute Gasteiger partial charge is 0.484 e. The molecule has 2 aromatic rings. The lowest BCUT2D eigenvalue weighted by atomic mass is 10.1. The molecular formula is C15H20ClN3O2. The van der Waals surface area contributed by atoms with Crippen LogP contribution in [0.25, 0.3) is 0 Å². The zero-order valence-corrected chi connectivity index (χ0v) is 13.2. The number of hydrogen-bond acceptors (Lipinski definition) is 5. The molecule has 2 N–H and O–H groups in total. The van der Waals surface area contributed by atoms with Gasteiger partial charge in [-0.3, -0.25) is 0 Å². The number of nitrogens with zero attached hydrogens (tertiary/aromatic N) is 2. The van der Waals surface area contributed by atoms with Crippen molar-refractivity contribution >= 4 is 11.6 Å². The van der Waals surface area contributed by atoms with Crippen LogP contribution < -0.4 is 10.5 Å². The van der Waals surface area contributed by atoms with Gasteiger partial charge in [0.05, 0.1) is 5.02 Å². The van der Waals surface area contributed by atoms with E-state index in [0.29, 0.717) is 28.9 Å². The van der Waals surface area contributed by atoms with E-state index in [1.165, 1.54) is 0 Å². The van der Waals surface area contributed by atoms with E-state index in [4.69, 9.17) is 26.6 Å². The fourth-order valence-corrected chi connectivity index (χ4v) is 2.17. The number of aromatic nitrogens is 2. The van der Waals surface area contributed by atoms with Crippen LogP contribution in [0.3, 0.4) is 0 Å². The highest BCUT2D eigenvalue weighted by Crippen LogP contribution is 2.30. The predicted octanol–water partition coefficient (Wildman–Crippen LogP) is 3.32. The number of nitrogens with two attached hydrogens (primary N) is 1. The number of halogens is 1. The fraction of sp³-hybridized carbons (Fsp3) is 0.467. The highest BCUT2D eigenvalue weighted by atomic mass is 35.5. The first-order chi connectivity index (χ1) is 9.97. The van der Waals surface area contributed by atoms with Gasteiger partial charge in [0.15, 0.2) is 6.61 Å². The summed E-state index contributed by atoms with van der Waals surface area (Å²) in [6.45, 7) is 6.14. The first kappa shape index (κ1) is 15.8.